The summed E-state index contributed by atoms with van der Waals surface area (Å²) in [5.41, 5.74) is -0.988. The summed E-state index contributed by atoms with van der Waals surface area (Å²) >= 11 is 0. The van der Waals surface area contributed by atoms with Crippen molar-refractivity contribution in [1.29, 1.82) is 0 Å². The van der Waals surface area contributed by atoms with Crippen LogP contribution in [0.1, 0.15) is 26.6 Å². The van der Waals surface area contributed by atoms with Crippen LogP contribution in [0.5, 0.6) is 0 Å². The number of aromatic amines is 2. The fourth-order valence-corrected chi connectivity index (χ4v) is 1.73. The van der Waals surface area contributed by atoms with Crippen molar-refractivity contribution in [3.8, 4) is 0 Å². The largest absolute Gasteiger partial charge is 0.395 e. The second-order valence-corrected chi connectivity index (χ2v) is 4.83. The summed E-state index contributed by atoms with van der Waals surface area (Å²) in [5.74, 6) is 0.485. The van der Waals surface area contributed by atoms with Gasteiger partial charge in [0.2, 0.25) is 0 Å². The first-order valence-corrected chi connectivity index (χ1v) is 5.75. The molecule has 2 rings (SSSR count). The summed E-state index contributed by atoms with van der Waals surface area (Å²) in [6.45, 7) is 5.70. The first kappa shape index (κ1) is 12.6. The predicted octanol–water partition coefficient (Wildman–Crippen LogP) is -0.297. The highest BCUT2D eigenvalue weighted by Gasteiger charge is 2.25. The van der Waals surface area contributed by atoms with E-state index in [9.17, 15) is 14.7 Å². The Balaban J connectivity index is 2.83. The van der Waals surface area contributed by atoms with E-state index in [-0.39, 0.29) is 12.1 Å². The number of aliphatic hydroxyl groups excluding tert-OH is 1. The number of aromatic nitrogens is 4. The Morgan fingerprint density at radius 2 is 2.00 bits per heavy atom. The van der Waals surface area contributed by atoms with E-state index in [0.717, 1.165) is 0 Å². The van der Waals surface area contributed by atoms with Crippen molar-refractivity contribution in [2.75, 3.05) is 6.61 Å². The zero-order valence-corrected chi connectivity index (χ0v) is 10.6. The minimum absolute atomic E-state index is 0.110. The van der Waals surface area contributed by atoms with Gasteiger partial charge in [0.1, 0.15) is 11.3 Å². The van der Waals surface area contributed by atoms with Gasteiger partial charge in [-0.1, -0.05) is 13.8 Å². The maximum absolute atomic E-state index is 11.7. The summed E-state index contributed by atoms with van der Waals surface area (Å²) in [4.78, 5) is 32.7. The average molecular weight is 252 g/mol. The number of aliphatic hydroxyl groups is 1. The number of rotatable bonds is 3. The number of nitrogens with zero attached hydrogens (tertiary/aromatic N) is 2. The number of aryl methyl sites for hydroxylation is 1. The molecule has 18 heavy (non-hydrogen) atoms. The van der Waals surface area contributed by atoms with Gasteiger partial charge in [-0.2, -0.15) is 0 Å². The van der Waals surface area contributed by atoms with Crippen molar-refractivity contribution >= 4 is 11.2 Å². The molecule has 0 unspecified atom stereocenters. The van der Waals surface area contributed by atoms with Crippen LogP contribution in [0.25, 0.3) is 11.2 Å². The zero-order valence-electron chi connectivity index (χ0n) is 10.6. The molecule has 0 spiro atoms. The van der Waals surface area contributed by atoms with Crippen LogP contribution in [0, 0.1) is 0 Å². The highest BCUT2D eigenvalue weighted by molar-refractivity contribution is 5.69. The quantitative estimate of drug-likeness (QED) is 0.697. The normalized spacial score (nSPS) is 12.2. The van der Waals surface area contributed by atoms with Gasteiger partial charge in [0.25, 0.3) is 5.56 Å². The molecule has 0 fully saturated rings. The van der Waals surface area contributed by atoms with Crippen LogP contribution in [-0.4, -0.2) is 31.2 Å². The molecular formula is C11H16N4O3. The van der Waals surface area contributed by atoms with Crippen LogP contribution in [0.4, 0.5) is 0 Å². The molecular weight excluding hydrogens is 236 g/mol. The molecule has 0 aliphatic carbocycles. The van der Waals surface area contributed by atoms with Gasteiger partial charge in [-0.15, -0.1) is 0 Å². The van der Waals surface area contributed by atoms with Crippen LogP contribution in [-0.2, 0) is 12.0 Å². The van der Waals surface area contributed by atoms with Gasteiger partial charge >= 0.3 is 5.69 Å². The van der Waals surface area contributed by atoms with E-state index in [1.165, 1.54) is 4.57 Å². The van der Waals surface area contributed by atoms with Crippen molar-refractivity contribution in [2.45, 2.75) is 32.7 Å². The summed E-state index contributed by atoms with van der Waals surface area (Å²) in [5, 5.41) is 9.31. The lowest BCUT2D eigenvalue weighted by molar-refractivity contribution is 0.212. The molecule has 2 heterocycles. The van der Waals surface area contributed by atoms with Crippen molar-refractivity contribution in [2.24, 2.45) is 0 Å². The van der Waals surface area contributed by atoms with Gasteiger partial charge < -0.3 is 10.1 Å². The lowest BCUT2D eigenvalue weighted by Gasteiger charge is -2.17. The summed E-state index contributed by atoms with van der Waals surface area (Å²) in [6.07, 6.45) is 0. The Hall–Kier alpha value is -1.89. The smallest absolute Gasteiger partial charge is 0.330 e. The van der Waals surface area contributed by atoms with Crippen molar-refractivity contribution in [3.05, 3.63) is 26.7 Å². The number of hydrogen-bond donors (Lipinski definition) is 3. The molecule has 0 aliphatic rings. The fraction of sp³-hybridized carbons (Fsp3) is 0.545. The van der Waals surface area contributed by atoms with E-state index < -0.39 is 16.7 Å². The van der Waals surface area contributed by atoms with Crippen LogP contribution in [0.3, 0.4) is 0 Å². The third kappa shape index (κ3) is 1.76. The number of fused-ring (bicyclic) bond motifs is 1. The van der Waals surface area contributed by atoms with Gasteiger partial charge in [-0.25, -0.2) is 9.78 Å². The highest BCUT2D eigenvalue weighted by Crippen LogP contribution is 2.20. The maximum Gasteiger partial charge on any atom is 0.330 e. The van der Waals surface area contributed by atoms with Gasteiger partial charge in [-0.05, 0) is 6.92 Å². The molecule has 2 aromatic rings. The molecule has 7 heteroatoms. The first-order valence-electron chi connectivity index (χ1n) is 5.75. The van der Waals surface area contributed by atoms with E-state index >= 15 is 0 Å². The number of nitrogens with one attached hydrogen (secondary N) is 2. The molecule has 3 N–H and O–H groups in total. The third-order valence-corrected chi connectivity index (χ3v) is 2.99. The molecule has 0 bridgehead atoms. The summed E-state index contributed by atoms with van der Waals surface area (Å²) in [6, 6.07) is 0. The molecule has 0 aliphatic heterocycles. The van der Waals surface area contributed by atoms with Crippen molar-refractivity contribution in [1.82, 2.24) is 19.5 Å². The molecule has 2 aromatic heterocycles. The summed E-state index contributed by atoms with van der Waals surface area (Å²) < 4.78 is 1.38. The van der Waals surface area contributed by atoms with E-state index in [1.807, 2.05) is 0 Å². The maximum atomic E-state index is 11.7. The highest BCUT2D eigenvalue weighted by atomic mass is 16.3. The van der Waals surface area contributed by atoms with E-state index in [2.05, 4.69) is 15.0 Å². The van der Waals surface area contributed by atoms with E-state index in [0.29, 0.717) is 18.0 Å². The van der Waals surface area contributed by atoms with E-state index in [4.69, 9.17) is 0 Å². The predicted molar refractivity (Wildman–Crippen MR) is 66.8 cm³/mol. The monoisotopic (exact) mass is 252 g/mol. The van der Waals surface area contributed by atoms with Crippen LogP contribution in [0.2, 0.25) is 0 Å². The Bertz CT molecular complexity index is 692. The molecule has 0 saturated heterocycles. The van der Waals surface area contributed by atoms with Crippen molar-refractivity contribution in [3.63, 3.8) is 0 Å². The SMILES string of the molecule is CCn1c(=O)[nH]c(=O)c2[nH]c(C(C)(C)CO)nc21. The standard InChI is InChI=1S/C11H16N4O3/c1-4-15-7-6(8(17)14-10(15)18)12-9(13-7)11(2,3)5-16/h16H,4-5H2,1-3H3,(H,12,13)(H,14,17,18). The van der Waals surface area contributed by atoms with Gasteiger partial charge in [0.05, 0.1) is 6.61 Å². The lowest BCUT2D eigenvalue weighted by atomic mass is 9.94. The topological polar surface area (TPSA) is 104 Å². The first-order chi connectivity index (χ1) is 8.40. The Labute approximate surface area is 102 Å². The minimum Gasteiger partial charge on any atom is -0.395 e. The van der Waals surface area contributed by atoms with Gasteiger partial charge in [0, 0.05) is 12.0 Å². The second-order valence-electron chi connectivity index (χ2n) is 4.83. The molecule has 98 valence electrons. The second kappa shape index (κ2) is 4.09. The molecule has 0 saturated carbocycles. The van der Waals surface area contributed by atoms with Crippen LogP contribution in [0.15, 0.2) is 9.59 Å². The molecule has 0 amide bonds. The molecule has 7 nitrogen and oxygen atoms in total. The summed E-state index contributed by atoms with van der Waals surface area (Å²) in [7, 11) is 0. The minimum atomic E-state index is -0.597. The number of hydrogen-bond acceptors (Lipinski definition) is 4. The van der Waals surface area contributed by atoms with Crippen molar-refractivity contribution < 1.29 is 5.11 Å². The Kier molecular flexibility index (Phi) is 2.86. The molecule has 0 radical (unpaired) electrons. The Morgan fingerprint density at radius 3 is 2.56 bits per heavy atom. The fourth-order valence-electron chi connectivity index (χ4n) is 1.73. The number of H-pyrrole nitrogens is 2. The van der Waals surface area contributed by atoms with Crippen LogP contribution < -0.4 is 11.2 Å². The zero-order chi connectivity index (χ0) is 13.5. The number of imidazole rings is 1. The van der Waals surface area contributed by atoms with Crippen LogP contribution >= 0.6 is 0 Å². The average Bonchev–Trinajstić information content (AvgIpc) is 2.75. The van der Waals surface area contributed by atoms with Gasteiger partial charge in [0.15, 0.2) is 5.65 Å². The van der Waals surface area contributed by atoms with E-state index in [1.54, 1.807) is 20.8 Å². The molecule has 0 atom stereocenters. The lowest BCUT2D eigenvalue weighted by Crippen LogP contribution is -2.29. The van der Waals surface area contributed by atoms with Gasteiger partial charge in [-0.3, -0.25) is 14.3 Å². The molecule has 0 aromatic carbocycles. The Morgan fingerprint density at radius 1 is 1.33 bits per heavy atom. The third-order valence-electron chi connectivity index (χ3n) is 2.99.